The van der Waals surface area contributed by atoms with Crippen LogP contribution in [0.15, 0.2) is 71.3 Å². The predicted octanol–water partition coefficient (Wildman–Crippen LogP) is 4.37. The number of rotatable bonds is 8. The van der Waals surface area contributed by atoms with E-state index in [2.05, 4.69) is 5.32 Å². The van der Waals surface area contributed by atoms with E-state index in [1.165, 1.54) is 13.2 Å². The molecule has 0 aliphatic rings. The zero-order valence-corrected chi connectivity index (χ0v) is 16.5. The summed E-state index contributed by atoms with van der Waals surface area (Å²) in [5.74, 6) is 0.346. The van der Waals surface area contributed by atoms with Gasteiger partial charge >= 0.3 is 5.97 Å². The number of ether oxygens (including phenoxy) is 2. The Balaban J connectivity index is 1.47. The van der Waals surface area contributed by atoms with Crippen LogP contribution in [0.5, 0.6) is 5.75 Å². The Morgan fingerprint density at radius 2 is 1.79 bits per heavy atom. The largest absolute Gasteiger partial charge is 0.489 e. The number of hydrogen-bond donors (Lipinski definition) is 1. The van der Waals surface area contributed by atoms with Gasteiger partial charge in [0.2, 0.25) is 0 Å². The molecule has 0 saturated carbocycles. The summed E-state index contributed by atoms with van der Waals surface area (Å²) in [6.07, 6.45) is 0.597. The van der Waals surface area contributed by atoms with Crippen molar-refractivity contribution in [3.8, 4) is 5.75 Å². The van der Waals surface area contributed by atoms with Crippen molar-refractivity contribution in [1.29, 1.82) is 0 Å². The molecule has 0 spiro atoms. The lowest BCUT2D eigenvalue weighted by Gasteiger charge is -2.13. The Kier molecular flexibility index (Phi) is 6.92. The normalized spacial score (nSPS) is 11.5. The van der Waals surface area contributed by atoms with Gasteiger partial charge in [-0.25, -0.2) is 4.79 Å². The number of benzene rings is 2. The number of carbonyl (C=O) groups excluding carboxylic acids is 2. The molecule has 0 bridgehead atoms. The molecule has 0 saturated heterocycles. The van der Waals surface area contributed by atoms with Crippen LogP contribution in [0.25, 0.3) is 0 Å². The molecule has 0 unspecified atom stereocenters. The van der Waals surface area contributed by atoms with Gasteiger partial charge in [0.05, 0.1) is 18.4 Å². The third-order valence-corrected chi connectivity index (χ3v) is 4.33. The minimum absolute atomic E-state index is 0.232. The highest BCUT2D eigenvalue weighted by atomic mass is 35.5. The molecule has 7 heteroatoms. The molecule has 6 nitrogen and oxygen atoms in total. The quantitative estimate of drug-likeness (QED) is 0.555. The highest BCUT2D eigenvalue weighted by Gasteiger charge is 2.19. The maximum Gasteiger partial charge on any atom is 0.338 e. The second kappa shape index (κ2) is 9.80. The van der Waals surface area contributed by atoms with E-state index in [0.717, 1.165) is 5.56 Å². The first-order valence-electron chi connectivity index (χ1n) is 8.99. The Morgan fingerprint density at radius 3 is 2.45 bits per heavy atom. The fourth-order valence-corrected chi connectivity index (χ4v) is 2.57. The van der Waals surface area contributed by atoms with Crippen LogP contribution < -0.4 is 10.1 Å². The van der Waals surface area contributed by atoms with E-state index >= 15 is 0 Å². The molecule has 0 aliphatic heterocycles. The number of halogens is 1. The number of carbonyl (C=O) groups is 2. The molecular weight excluding hydrogens is 394 g/mol. The molecule has 1 heterocycles. The van der Waals surface area contributed by atoms with E-state index in [4.69, 9.17) is 25.5 Å². The number of nitrogens with one attached hydrogen (secondary N) is 1. The summed E-state index contributed by atoms with van der Waals surface area (Å²) in [4.78, 5) is 24.3. The van der Waals surface area contributed by atoms with Crippen molar-refractivity contribution in [3.05, 3.63) is 88.8 Å². The van der Waals surface area contributed by atoms with E-state index < -0.39 is 18.0 Å². The summed E-state index contributed by atoms with van der Waals surface area (Å²) in [5, 5.41) is 3.29. The van der Waals surface area contributed by atoms with Gasteiger partial charge in [-0.1, -0.05) is 23.7 Å². The second-order valence-corrected chi connectivity index (χ2v) is 6.72. The molecule has 1 N–H and O–H groups in total. The summed E-state index contributed by atoms with van der Waals surface area (Å²) in [6.45, 7) is 2.10. The second-order valence-electron chi connectivity index (χ2n) is 6.28. The van der Waals surface area contributed by atoms with Gasteiger partial charge in [0.15, 0.2) is 6.10 Å². The molecule has 3 aromatic rings. The zero-order valence-electron chi connectivity index (χ0n) is 15.8. The molecule has 0 aliphatic carbocycles. The highest BCUT2D eigenvalue weighted by molar-refractivity contribution is 6.30. The maximum atomic E-state index is 12.3. The van der Waals surface area contributed by atoms with Crippen LogP contribution in [0.1, 0.15) is 28.6 Å². The molecule has 29 heavy (non-hydrogen) atoms. The molecule has 1 aromatic heterocycles. The lowest BCUT2D eigenvalue weighted by Crippen LogP contribution is -2.35. The summed E-state index contributed by atoms with van der Waals surface area (Å²) in [7, 11) is 0. The van der Waals surface area contributed by atoms with E-state index in [-0.39, 0.29) is 6.54 Å². The minimum Gasteiger partial charge on any atom is -0.489 e. The zero-order chi connectivity index (χ0) is 20.6. The van der Waals surface area contributed by atoms with Gasteiger partial charge in [-0.3, -0.25) is 4.79 Å². The third-order valence-electron chi connectivity index (χ3n) is 4.08. The number of amides is 1. The van der Waals surface area contributed by atoms with Gasteiger partial charge in [-0.05, 0) is 61.0 Å². The number of esters is 1. The van der Waals surface area contributed by atoms with Crippen LogP contribution in [-0.4, -0.2) is 18.0 Å². The van der Waals surface area contributed by atoms with Crippen molar-refractivity contribution in [3.63, 3.8) is 0 Å². The van der Waals surface area contributed by atoms with Crippen LogP contribution in [0.4, 0.5) is 0 Å². The molecule has 1 atom stereocenters. The lowest BCUT2D eigenvalue weighted by molar-refractivity contribution is -0.129. The summed E-state index contributed by atoms with van der Waals surface area (Å²) in [5.41, 5.74) is 1.24. The Morgan fingerprint density at radius 1 is 1.07 bits per heavy atom. The van der Waals surface area contributed by atoms with Crippen molar-refractivity contribution >= 4 is 23.5 Å². The van der Waals surface area contributed by atoms with Crippen LogP contribution in [0.3, 0.4) is 0 Å². The maximum absolute atomic E-state index is 12.3. The predicted molar refractivity (Wildman–Crippen MR) is 108 cm³/mol. The average molecular weight is 414 g/mol. The summed E-state index contributed by atoms with van der Waals surface area (Å²) < 4.78 is 16.0. The fraction of sp³-hybridized carbons (Fsp3) is 0.182. The number of hydrogen-bond acceptors (Lipinski definition) is 5. The van der Waals surface area contributed by atoms with E-state index in [9.17, 15) is 9.59 Å². The standard InChI is InChI=1S/C22H20ClNO5/c1-15(21(25)24-13-20-3-2-12-27-20)29-22(26)17-6-4-16(5-7-17)14-28-19-10-8-18(23)9-11-19/h2-12,15H,13-14H2,1H3,(H,24,25)/t15-/m0/s1. The molecule has 3 rings (SSSR count). The van der Waals surface area contributed by atoms with Crippen molar-refractivity contribution in [1.82, 2.24) is 5.32 Å². The summed E-state index contributed by atoms with van der Waals surface area (Å²) >= 11 is 5.84. The van der Waals surface area contributed by atoms with Crippen molar-refractivity contribution < 1.29 is 23.5 Å². The first-order valence-corrected chi connectivity index (χ1v) is 9.37. The van der Waals surface area contributed by atoms with Crippen molar-refractivity contribution in [2.45, 2.75) is 26.2 Å². The Labute approximate surface area is 173 Å². The molecule has 1 amide bonds. The van der Waals surface area contributed by atoms with Gasteiger partial charge in [-0.15, -0.1) is 0 Å². The van der Waals surface area contributed by atoms with Gasteiger partial charge in [-0.2, -0.15) is 0 Å². The molecular formula is C22H20ClNO5. The SMILES string of the molecule is C[C@H](OC(=O)c1ccc(COc2ccc(Cl)cc2)cc1)C(=O)NCc1ccco1. The van der Waals surface area contributed by atoms with Crippen molar-refractivity contribution in [2.75, 3.05) is 0 Å². The minimum atomic E-state index is -0.926. The third kappa shape index (κ3) is 6.12. The topological polar surface area (TPSA) is 77.8 Å². The van der Waals surface area contributed by atoms with Crippen LogP contribution in [0, 0.1) is 0 Å². The first kappa shape index (κ1) is 20.5. The Hall–Kier alpha value is -3.25. The first-order chi connectivity index (χ1) is 14.0. The number of furan rings is 1. The van der Waals surface area contributed by atoms with Gasteiger partial charge in [0.1, 0.15) is 18.1 Å². The Bertz CT molecular complexity index is 936. The van der Waals surface area contributed by atoms with Crippen LogP contribution >= 0.6 is 11.6 Å². The highest BCUT2D eigenvalue weighted by Crippen LogP contribution is 2.17. The van der Waals surface area contributed by atoms with Gasteiger partial charge in [0, 0.05) is 5.02 Å². The molecule has 150 valence electrons. The van der Waals surface area contributed by atoms with Crippen LogP contribution in [-0.2, 0) is 22.7 Å². The van der Waals surface area contributed by atoms with Crippen LogP contribution in [0.2, 0.25) is 5.02 Å². The summed E-state index contributed by atoms with van der Waals surface area (Å²) in [6, 6.07) is 17.4. The van der Waals surface area contributed by atoms with E-state index in [1.807, 2.05) is 0 Å². The van der Waals surface area contributed by atoms with Gasteiger partial charge < -0.3 is 19.2 Å². The lowest BCUT2D eigenvalue weighted by atomic mass is 10.1. The van der Waals surface area contributed by atoms with Crippen molar-refractivity contribution in [2.24, 2.45) is 0 Å². The monoisotopic (exact) mass is 413 g/mol. The van der Waals surface area contributed by atoms with E-state index in [1.54, 1.807) is 60.7 Å². The van der Waals surface area contributed by atoms with E-state index in [0.29, 0.717) is 28.7 Å². The molecule has 0 fully saturated rings. The average Bonchev–Trinajstić information content (AvgIpc) is 3.25. The molecule has 0 radical (unpaired) electrons. The fourth-order valence-electron chi connectivity index (χ4n) is 2.45. The van der Waals surface area contributed by atoms with Gasteiger partial charge in [0.25, 0.3) is 5.91 Å². The smallest absolute Gasteiger partial charge is 0.338 e. The molecule has 2 aromatic carbocycles.